The minimum Gasteiger partial charge on any atom is -0.496 e. The van der Waals surface area contributed by atoms with Crippen LogP contribution in [0.4, 0.5) is 0 Å². The molecule has 0 radical (unpaired) electrons. The SMILES string of the molecule is CCC(C)Cc1cc(CC2NC(=O)CNC(=O)[C@H](C(C)C)NC(=O)CNC(=O)[C@@H]3CCCN3C(=O)[C@@H](Cc3c[nH]c4ccccc34)NC(=O)CNC2=O)ccc1OC. The van der Waals surface area contributed by atoms with Gasteiger partial charge in [0.1, 0.15) is 29.9 Å². The number of fused-ring (bicyclic) bond motifs is 2. The Morgan fingerprint density at radius 3 is 2.10 bits per heavy atom. The number of rotatable bonds is 9. The molecule has 7 amide bonds. The molecule has 2 saturated heterocycles. The molecule has 0 aliphatic carbocycles. The Balaban J connectivity index is 1.44. The largest absolute Gasteiger partial charge is 0.496 e. The van der Waals surface area contributed by atoms with Gasteiger partial charge < -0.3 is 46.5 Å². The average Bonchev–Trinajstić information content (AvgIpc) is 3.87. The topological polar surface area (TPSA) is 220 Å². The zero-order valence-corrected chi connectivity index (χ0v) is 33.9. The van der Waals surface area contributed by atoms with E-state index in [1.165, 1.54) is 4.90 Å². The number of hydrogen-bond acceptors (Lipinski definition) is 8. The van der Waals surface area contributed by atoms with Crippen LogP contribution in [-0.2, 0) is 52.8 Å². The molecule has 5 atom stereocenters. The first-order valence-corrected chi connectivity index (χ1v) is 20.0. The average molecular weight is 801 g/mol. The number of methoxy groups -OCH3 is 1. The molecule has 2 aromatic carbocycles. The normalized spacial score (nSPS) is 22.5. The van der Waals surface area contributed by atoms with Gasteiger partial charge in [0.2, 0.25) is 41.4 Å². The Bertz CT molecular complexity index is 2000. The van der Waals surface area contributed by atoms with E-state index in [1.54, 1.807) is 33.2 Å². The molecule has 0 saturated carbocycles. The van der Waals surface area contributed by atoms with Crippen LogP contribution in [-0.4, -0.2) is 109 Å². The van der Waals surface area contributed by atoms with Crippen LogP contribution < -0.4 is 36.6 Å². The lowest BCUT2D eigenvalue weighted by Crippen LogP contribution is -2.56. The van der Waals surface area contributed by atoms with Crippen molar-refractivity contribution in [3.63, 3.8) is 0 Å². The summed E-state index contributed by atoms with van der Waals surface area (Å²) in [5.41, 5.74) is 3.28. The number of carbonyl (C=O) groups excluding carboxylic acids is 7. The van der Waals surface area contributed by atoms with E-state index in [1.807, 2.05) is 36.4 Å². The summed E-state index contributed by atoms with van der Waals surface area (Å²) in [7, 11) is 1.59. The highest BCUT2D eigenvalue weighted by Gasteiger charge is 2.38. The van der Waals surface area contributed by atoms with Crippen molar-refractivity contribution in [2.75, 3.05) is 33.3 Å². The van der Waals surface area contributed by atoms with Crippen molar-refractivity contribution in [2.45, 2.75) is 90.4 Å². The summed E-state index contributed by atoms with van der Waals surface area (Å²) in [5, 5.41) is 16.7. The number of para-hydroxylation sites is 1. The second-order valence-electron chi connectivity index (χ2n) is 15.5. The quantitative estimate of drug-likeness (QED) is 0.165. The van der Waals surface area contributed by atoms with Crippen LogP contribution in [0.3, 0.4) is 0 Å². The van der Waals surface area contributed by atoms with Gasteiger partial charge in [-0.3, -0.25) is 33.6 Å². The van der Waals surface area contributed by atoms with E-state index < -0.39 is 85.2 Å². The Hall–Kier alpha value is -5.93. The van der Waals surface area contributed by atoms with Crippen molar-refractivity contribution >= 4 is 52.3 Å². The molecule has 5 rings (SSSR count). The van der Waals surface area contributed by atoms with Crippen molar-refractivity contribution in [3.8, 4) is 5.75 Å². The van der Waals surface area contributed by atoms with Crippen molar-refractivity contribution < 1.29 is 38.3 Å². The van der Waals surface area contributed by atoms with Gasteiger partial charge in [-0.2, -0.15) is 0 Å². The lowest BCUT2D eigenvalue weighted by molar-refractivity contribution is -0.141. The Morgan fingerprint density at radius 2 is 1.41 bits per heavy atom. The summed E-state index contributed by atoms with van der Waals surface area (Å²) in [6.45, 7) is 6.44. The molecule has 58 heavy (non-hydrogen) atoms. The standard InChI is InChI=1S/C42H56N8O8/c1-6-25(4)16-27-17-26(13-14-34(27)58-5)18-31-39(54)44-21-36(52)48-32(19-28-20-43-30-11-8-7-10-29(28)30)42(57)50-15-9-12-33(50)40(55)45-23-37(53)49-38(24(2)3)41(56)46-22-35(51)47-31/h7-8,10-11,13-14,17,20,24-25,31-33,38,43H,6,9,12,15-16,18-19,21-23H2,1-5H3,(H,44,54)(H,45,55)(H,46,56)(H,47,51)(H,48,52)(H,49,53)/t25?,31?,32-,33+,38+/m1/s1. The number of aromatic nitrogens is 1. The van der Waals surface area contributed by atoms with Crippen molar-refractivity contribution in [1.29, 1.82) is 0 Å². The third-order valence-corrected chi connectivity index (χ3v) is 10.8. The van der Waals surface area contributed by atoms with E-state index in [0.717, 1.165) is 40.4 Å². The van der Waals surface area contributed by atoms with Gasteiger partial charge in [0.15, 0.2) is 0 Å². The van der Waals surface area contributed by atoms with Gasteiger partial charge in [-0.25, -0.2) is 0 Å². The molecule has 3 aromatic rings. The molecule has 2 fully saturated rings. The maximum Gasteiger partial charge on any atom is 0.246 e. The van der Waals surface area contributed by atoms with E-state index in [4.69, 9.17) is 4.74 Å². The number of aromatic amines is 1. The van der Waals surface area contributed by atoms with Crippen molar-refractivity contribution in [1.82, 2.24) is 41.8 Å². The monoisotopic (exact) mass is 800 g/mol. The van der Waals surface area contributed by atoms with Gasteiger partial charge >= 0.3 is 0 Å². The van der Waals surface area contributed by atoms with E-state index in [-0.39, 0.29) is 25.3 Å². The van der Waals surface area contributed by atoms with Gasteiger partial charge in [0.25, 0.3) is 0 Å². The number of hydrogen-bond donors (Lipinski definition) is 7. The number of ether oxygens (including phenoxy) is 1. The van der Waals surface area contributed by atoms with Crippen LogP contribution in [0.5, 0.6) is 5.75 Å². The van der Waals surface area contributed by atoms with Crippen molar-refractivity contribution in [2.24, 2.45) is 11.8 Å². The van der Waals surface area contributed by atoms with Gasteiger partial charge in [-0.1, -0.05) is 64.4 Å². The molecule has 2 aliphatic rings. The molecule has 16 heteroatoms. The fourth-order valence-corrected chi connectivity index (χ4v) is 7.41. The predicted molar refractivity (Wildman–Crippen MR) is 216 cm³/mol. The number of benzene rings is 2. The lowest BCUT2D eigenvalue weighted by Gasteiger charge is -2.29. The molecule has 1 aromatic heterocycles. The highest BCUT2D eigenvalue weighted by Crippen LogP contribution is 2.25. The number of nitrogens with one attached hydrogen (secondary N) is 7. The van der Waals surface area contributed by atoms with Crippen LogP contribution in [0.2, 0.25) is 0 Å². The fraction of sp³-hybridized carbons (Fsp3) is 0.500. The van der Waals surface area contributed by atoms with Gasteiger partial charge in [0.05, 0.1) is 26.7 Å². The number of amides is 7. The summed E-state index contributed by atoms with van der Waals surface area (Å²) in [6, 6.07) is 8.86. The van der Waals surface area contributed by atoms with Gasteiger partial charge in [0, 0.05) is 36.5 Å². The zero-order valence-electron chi connectivity index (χ0n) is 33.9. The number of nitrogens with zero attached hydrogens (tertiary/aromatic N) is 1. The first-order valence-electron chi connectivity index (χ1n) is 20.0. The Kier molecular flexibility index (Phi) is 14.9. The second kappa shape index (κ2) is 20.0. The molecule has 0 bridgehead atoms. The molecule has 7 N–H and O–H groups in total. The minimum absolute atomic E-state index is 0.0500. The summed E-state index contributed by atoms with van der Waals surface area (Å²) in [5.74, 6) is -3.63. The fourth-order valence-electron chi connectivity index (χ4n) is 7.41. The molecule has 3 heterocycles. The third kappa shape index (κ3) is 11.1. The smallest absolute Gasteiger partial charge is 0.246 e. The van der Waals surface area contributed by atoms with E-state index in [2.05, 4.69) is 50.7 Å². The summed E-state index contributed by atoms with van der Waals surface area (Å²) in [4.78, 5) is 99.3. The van der Waals surface area contributed by atoms with Crippen LogP contribution in [0.15, 0.2) is 48.7 Å². The summed E-state index contributed by atoms with van der Waals surface area (Å²) in [6.07, 6.45) is 4.45. The maximum atomic E-state index is 14.3. The lowest BCUT2D eigenvalue weighted by atomic mass is 9.95. The van der Waals surface area contributed by atoms with Crippen molar-refractivity contribution in [3.05, 3.63) is 65.4 Å². The molecule has 2 aliphatic heterocycles. The molecular formula is C42H56N8O8. The van der Waals surface area contributed by atoms with E-state index >= 15 is 0 Å². The Labute approximate surface area is 338 Å². The summed E-state index contributed by atoms with van der Waals surface area (Å²) >= 11 is 0. The Morgan fingerprint density at radius 1 is 0.759 bits per heavy atom. The molecule has 0 spiro atoms. The number of H-pyrrole nitrogens is 1. The highest BCUT2D eigenvalue weighted by molar-refractivity contribution is 5.97. The molecule has 16 nitrogen and oxygen atoms in total. The molecule has 312 valence electrons. The third-order valence-electron chi connectivity index (χ3n) is 10.8. The van der Waals surface area contributed by atoms with Gasteiger partial charge in [-0.15, -0.1) is 0 Å². The predicted octanol–water partition coefficient (Wildman–Crippen LogP) is 1.01. The van der Waals surface area contributed by atoms with Crippen LogP contribution in [0.25, 0.3) is 10.9 Å². The van der Waals surface area contributed by atoms with E-state index in [9.17, 15) is 33.6 Å². The first-order chi connectivity index (χ1) is 27.8. The van der Waals surface area contributed by atoms with Crippen LogP contribution >= 0.6 is 0 Å². The van der Waals surface area contributed by atoms with Crippen LogP contribution in [0.1, 0.15) is 63.6 Å². The summed E-state index contributed by atoms with van der Waals surface area (Å²) < 4.78 is 5.59. The van der Waals surface area contributed by atoms with E-state index in [0.29, 0.717) is 24.5 Å². The molecule has 2 unspecified atom stereocenters. The highest BCUT2D eigenvalue weighted by atomic mass is 16.5. The first kappa shape index (κ1) is 43.2. The maximum absolute atomic E-state index is 14.3. The second-order valence-corrected chi connectivity index (χ2v) is 15.5. The molecular weight excluding hydrogens is 745 g/mol. The van der Waals surface area contributed by atoms with Crippen LogP contribution in [0, 0.1) is 11.8 Å². The van der Waals surface area contributed by atoms with Gasteiger partial charge in [-0.05, 0) is 59.9 Å². The minimum atomic E-state index is -1.16. The number of carbonyl (C=O) groups is 7. The zero-order chi connectivity index (χ0) is 41.9.